The lowest BCUT2D eigenvalue weighted by Gasteiger charge is -2.26. The third kappa shape index (κ3) is 4.44. The maximum Gasteiger partial charge on any atom is 0.246 e. The molecule has 9 nitrogen and oxygen atoms in total. The molecule has 3 rings (SSSR count). The summed E-state index contributed by atoms with van der Waals surface area (Å²) in [5.41, 5.74) is 2.33. The number of nitrogens with zero attached hydrogens (tertiary/aromatic N) is 3. The van der Waals surface area contributed by atoms with Gasteiger partial charge < -0.3 is 14.8 Å². The minimum absolute atomic E-state index is 0.109. The summed E-state index contributed by atoms with van der Waals surface area (Å²) in [6.45, 7) is 6.45. The van der Waals surface area contributed by atoms with Crippen LogP contribution in [0.15, 0.2) is 23.1 Å². The van der Waals surface area contributed by atoms with E-state index in [0.717, 1.165) is 5.56 Å². The van der Waals surface area contributed by atoms with E-state index in [1.54, 1.807) is 19.9 Å². The van der Waals surface area contributed by atoms with Crippen molar-refractivity contribution in [3.8, 4) is 5.75 Å². The van der Waals surface area contributed by atoms with Crippen molar-refractivity contribution in [2.75, 3.05) is 38.7 Å². The lowest BCUT2D eigenvalue weighted by Crippen LogP contribution is -2.41. The molecule has 1 aliphatic heterocycles. The normalized spacial score (nSPS) is 15.3. The lowest BCUT2D eigenvalue weighted by atomic mass is 10.2. The molecule has 1 aliphatic rings. The molecule has 1 aromatic carbocycles. The number of nitrogens with one attached hydrogen (secondary N) is 1. The summed E-state index contributed by atoms with van der Waals surface area (Å²) >= 11 is 0. The second-order valence-corrected chi connectivity index (χ2v) is 8.80. The number of carbonyl (C=O) groups excluding carboxylic acids is 1. The molecule has 1 saturated heterocycles. The fourth-order valence-electron chi connectivity index (χ4n) is 3.37. The van der Waals surface area contributed by atoms with Gasteiger partial charge in [-0.3, -0.25) is 9.48 Å². The van der Waals surface area contributed by atoms with Crippen LogP contribution in [-0.4, -0.2) is 61.8 Å². The number of rotatable bonds is 6. The zero-order chi connectivity index (χ0) is 21.2. The van der Waals surface area contributed by atoms with Crippen LogP contribution >= 0.6 is 0 Å². The number of aryl methyl sites for hydroxylation is 2. The lowest BCUT2D eigenvalue weighted by molar-refractivity contribution is -0.117. The molecule has 0 bridgehead atoms. The van der Waals surface area contributed by atoms with Crippen molar-refractivity contribution in [1.29, 1.82) is 0 Å². The Kier molecular flexibility index (Phi) is 6.25. The van der Waals surface area contributed by atoms with E-state index in [1.807, 2.05) is 19.1 Å². The topological polar surface area (TPSA) is 103 Å². The molecular formula is C19H26N4O5S. The van der Waals surface area contributed by atoms with Crippen molar-refractivity contribution in [2.45, 2.75) is 32.2 Å². The number of benzene rings is 1. The summed E-state index contributed by atoms with van der Waals surface area (Å²) < 4.78 is 39.4. The van der Waals surface area contributed by atoms with Crippen molar-refractivity contribution in [2.24, 2.45) is 0 Å². The molecule has 0 saturated carbocycles. The van der Waals surface area contributed by atoms with Crippen molar-refractivity contribution in [3.05, 3.63) is 35.2 Å². The second kappa shape index (κ2) is 8.52. The molecule has 2 heterocycles. The Labute approximate surface area is 170 Å². The Balaban J connectivity index is 1.82. The summed E-state index contributed by atoms with van der Waals surface area (Å²) in [7, 11) is -2.16. The largest absolute Gasteiger partial charge is 0.495 e. The third-order valence-electron chi connectivity index (χ3n) is 4.81. The van der Waals surface area contributed by atoms with E-state index < -0.39 is 10.0 Å². The van der Waals surface area contributed by atoms with E-state index in [0.29, 0.717) is 49.1 Å². The highest BCUT2D eigenvalue weighted by Crippen LogP contribution is 2.26. The summed E-state index contributed by atoms with van der Waals surface area (Å²) in [5.74, 6) is 0.225. The number of amides is 1. The number of carbonyl (C=O) groups is 1. The zero-order valence-electron chi connectivity index (χ0n) is 17.1. The Morgan fingerprint density at radius 2 is 1.93 bits per heavy atom. The Hall–Kier alpha value is -2.43. The average Bonchev–Trinajstić information content (AvgIpc) is 2.96. The summed E-state index contributed by atoms with van der Waals surface area (Å²) in [6, 6.07) is 5.48. The highest BCUT2D eigenvalue weighted by molar-refractivity contribution is 7.89. The van der Waals surface area contributed by atoms with E-state index in [4.69, 9.17) is 9.47 Å². The first-order valence-corrected chi connectivity index (χ1v) is 10.7. The fraction of sp³-hybridized carbons (Fsp3) is 0.474. The maximum atomic E-state index is 13.0. The van der Waals surface area contributed by atoms with Crippen LogP contribution in [0.5, 0.6) is 5.75 Å². The van der Waals surface area contributed by atoms with Crippen LogP contribution in [0, 0.1) is 20.8 Å². The van der Waals surface area contributed by atoms with E-state index in [1.165, 1.54) is 16.1 Å². The van der Waals surface area contributed by atoms with Crippen LogP contribution in [0.1, 0.15) is 17.0 Å². The first kappa shape index (κ1) is 21.3. The molecule has 0 atom stereocenters. The molecule has 1 fully saturated rings. The van der Waals surface area contributed by atoms with Gasteiger partial charge in [0, 0.05) is 13.1 Å². The van der Waals surface area contributed by atoms with Gasteiger partial charge in [0.15, 0.2) is 0 Å². The van der Waals surface area contributed by atoms with Crippen LogP contribution in [0.25, 0.3) is 0 Å². The number of morpholine rings is 1. The minimum Gasteiger partial charge on any atom is -0.495 e. The quantitative estimate of drug-likeness (QED) is 0.756. The number of hydrogen-bond donors (Lipinski definition) is 1. The molecule has 10 heteroatoms. The number of ether oxygens (including phenoxy) is 2. The van der Waals surface area contributed by atoms with Crippen LogP contribution in [0.2, 0.25) is 0 Å². The number of aromatic nitrogens is 2. The van der Waals surface area contributed by atoms with Crippen LogP contribution in [0.3, 0.4) is 0 Å². The van der Waals surface area contributed by atoms with Gasteiger partial charge in [-0.2, -0.15) is 9.40 Å². The van der Waals surface area contributed by atoms with Crippen LogP contribution < -0.4 is 10.1 Å². The van der Waals surface area contributed by atoms with Gasteiger partial charge in [-0.25, -0.2) is 8.42 Å². The molecule has 0 aliphatic carbocycles. The predicted octanol–water partition coefficient (Wildman–Crippen LogP) is 1.48. The van der Waals surface area contributed by atoms with Crippen molar-refractivity contribution >= 4 is 21.6 Å². The standard InChI is InChI=1S/C19H26N4O5S/c1-13-5-6-17(27-4)16(11-13)20-18(24)12-23-15(3)19(14(2)21-23)29(25,26)22-7-9-28-10-8-22/h5-6,11H,7-10,12H2,1-4H3,(H,20,24). The summed E-state index contributed by atoms with van der Waals surface area (Å²) in [5, 5.41) is 7.11. The first-order valence-electron chi connectivity index (χ1n) is 9.30. The minimum atomic E-state index is -3.70. The van der Waals surface area contributed by atoms with E-state index >= 15 is 0 Å². The van der Waals surface area contributed by atoms with Gasteiger partial charge in [-0.15, -0.1) is 0 Å². The van der Waals surface area contributed by atoms with Gasteiger partial charge in [0.2, 0.25) is 15.9 Å². The van der Waals surface area contributed by atoms with Gasteiger partial charge in [0.05, 0.1) is 37.4 Å². The molecule has 0 spiro atoms. The van der Waals surface area contributed by atoms with Crippen LogP contribution in [0.4, 0.5) is 5.69 Å². The van der Waals surface area contributed by atoms with E-state index in [9.17, 15) is 13.2 Å². The smallest absolute Gasteiger partial charge is 0.246 e. The molecule has 0 unspecified atom stereocenters. The number of anilines is 1. The van der Waals surface area contributed by atoms with E-state index in [2.05, 4.69) is 10.4 Å². The summed E-state index contributed by atoms with van der Waals surface area (Å²) in [4.78, 5) is 12.7. The SMILES string of the molecule is COc1ccc(C)cc1NC(=O)Cn1nc(C)c(S(=O)(=O)N2CCOCC2)c1C. The van der Waals surface area contributed by atoms with Gasteiger partial charge in [0.1, 0.15) is 17.2 Å². The molecule has 1 N–H and O–H groups in total. The molecule has 1 aromatic heterocycles. The predicted molar refractivity (Wildman–Crippen MR) is 108 cm³/mol. The van der Waals surface area contributed by atoms with Gasteiger partial charge >= 0.3 is 0 Å². The number of methoxy groups -OCH3 is 1. The first-order chi connectivity index (χ1) is 13.7. The highest BCUT2D eigenvalue weighted by atomic mass is 32.2. The molecule has 158 valence electrons. The maximum absolute atomic E-state index is 13.0. The average molecular weight is 423 g/mol. The number of hydrogen-bond acceptors (Lipinski definition) is 6. The second-order valence-electron chi connectivity index (χ2n) is 6.93. The highest BCUT2D eigenvalue weighted by Gasteiger charge is 2.32. The van der Waals surface area contributed by atoms with Gasteiger partial charge in [0.25, 0.3) is 0 Å². The molecule has 0 radical (unpaired) electrons. The Bertz CT molecular complexity index is 1010. The van der Waals surface area contributed by atoms with Gasteiger partial charge in [-0.05, 0) is 38.5 Å². The fourth-order valence-corrected chi connectivity index (χ4v) is 5.15. The summed E-state index contributed by atoms with van der Waals surface area (Å²) in [6.07, 6.45) is 0. The monoisotopic (exact) mass is 422 g/mol. The number of sulfonamides is 1. The van der Waals surface area contributed by atoms with Crippen molar-refractivity contribution in [1.82, 2.24) is 14.1 Å². The van der Waals surface area contributed by atoms with Crippen molar-refractivity contribution < 1.29 is 22.7 Å². The third-order valence-corrected chi connectivity index (χ3v) is 6.96. The van der Waals surface area contributed by atoms with Gasteiger partial charge in [-0.1, -0.05) is 6.07 Å². The molecule has 1 amide bonds. The van der Waals surface area contributed by atoms with Crippen LogP contribution in [-0.2, 0) is 26.1 Å². The molecule has 2 aromatic rings. The Morgan fingerprint density at radius 1 is 1.24 bits per heavy atom. The van der Waals surface area contributed by atoms with Crippen molar-refractivity contribution in [3.63, 3.8) is 0 Å². The zero-order valence-corrected chi connectivity index (χ0v) is 17.9. The van der Waals surface area contributed by atoms with E-state index in [-0.39, 0.29) is 17.3 Å². The molecular weight excluding hydrogens is 396 g/mol. The Morgan fingerprint density at radius 3 is 2.59 bits per heavy atom. The molecule has 29 heavy (non-hydrogen) atoms.